The number of halogens is 1. The van der Waals surface area contributed by atoms with E-state index < -0.39 is 0 Å². The van der Waals surface area contributed by atoms with Gasteiger partial charge < -0.3 is 10.3 Å². The zero-order valence-corrected chi connectivity index (χ0v) is 10.4. The number of hydrogen-bond donors (Lipinski definition) is 1. The molecule has 0 spiro atoms. The van der Waals surface area contributed by atoms with Gasteiger partial charge in [0, 0.05) is 5.56 Å². The van der Waals surface area contributed by atoms with E-state index in [-0.39, 0.29) is 0 Å². The topological polar surface area (TPSA) is 77.8 Å². The Morgan fingerprint density at radius 1 is 1.33 bits per heavy atom. The molecule has 15 heavy (non-hydrogen) atoms. The average molecular weight is 316 g/mol. The van der Waals surface area contributed by atoms with Crippen LogP contribution in [0.2, 0.25) is 0 Å². The van der Waals surface area contributed by atoms with Crippen molar-refractivity contribution in [3.05, 3.63) is 21.0 Å². The van der Waals surface area contributed by atoms with Crippen LogP contribution < -0.4 is 5.73 Å². The number of anilines is 1. The van der Waals surface area contributed by atoms with Gasteiger partial charge in [-0.2, -0.15) is 10.2 Å². The predicted molar refractivity (Wildman–Crippen MR) is 64.1 cm³/mol. The number of hydrogen-bond acceptors (Lipinski definition) is 5. The Labute approximate surface area is 100 Å². The highest BCUT2D eigenvalue weighted by molar-refractivity contribution is 14.1. The smallest absolute Gasteiger partial charge is 0.184 e. The minimum atomic E-state index is 0.402. The first kappa shape index (κ1) is 10.3. The van der Waals surface area contributed by atoms with E-state index in [0.717, 1.165) is 20.5 Å². The lowest BCUT2D eigenvalue weighted by Gasteiger charge is -2.01. The largest absolute Gasteiger partial charge is 0.380 e. The maximum atomic E-state index is 5.62. The molecule has 6 heteroatoms. The molecule has 2 N–H and O–H groups in total. The Balaban J connectivity index is 2.63. The van der Waals surface area contributed by atoms with Crippen LogP contribution in [0.15, 0.2) is 10.6 Å². The number of nitrogens with two attached hydrogens (primary N) is 1. The zero-order chi connectivity index (χ0) is 11.0. The summed E-state index contributed by atoms with van der Waals surface area (Å²) in [5, 5.41) is 11.7. The summed E-state index contributed by atoms with van der Waals surface area (Å²) in [5.41, 5.74) is 8.14. The third-order valence-corrected chi connectivity index (χ3v) is 3.05. The van der Waals surface area contributed by atoms with E-state index in [1.54, 1.807) is 0 Å². The predicted octanol–water partition coefficient (Wildman–Crippen LogP) is 1.94. The van der Waals surface area contributed by atoms with E-state index in [1.165, 1.54) is 0 Å². The molecule has 2 aromatic rings. The molecule has 0 saturated heterocycles. The quantitative estimate of drug-likeness (QED) is 0.814. The Morgan fingerprint density at radius 3 is 2.67 bits per heavy atom. The van der Waals surface area contributed by atoms with Crippen LogP contribution in [-0.2, 0) is 0 Å². The first-order valence-corrected chi connectivity index (χ1v) is 5.39. The molecule has 0 fully saturated rings. The SMILES string of the molecule is Cc1cc(-c2onc(N)c2I)c(C)nn1. The number of nitrogens with zero attached hydrogens (tertiary/aromatic N) is 3. The number of rotatable bonds is 1. The number of aryl methyl sites for hydroxylation is 2. The molecule has 2 rings (SSSR count). The van der Waals surface area contributed by atoms with Crippen LogP contribution in [-0.4, -0.2) is 15.4 Å². The second-order valence-corrected chi connectivity index (χ2v) is 4.27. The van der Waals surface area contributed by atoms with Crippen molar-refractivity contribution >= 4 is 28.4 Å². The van der Waals surface area contributed by atoms with Crippen molar-refractivity contribution in [2.75, 3.05) is 5.73 Å². The Bertz CT molecular complexity index is 509. The van der Waals surface area contributed by atoms with Gasteiger partial charge in [0.15, 0.2) is 11.6 Å². The number of nitrogen functional groups attached to an aromatic ring is 1. The molecule has 0 aromatic carbocycles. The first-order chi connectivity index (χ1) is 7.09. The lowest BCUT2D eigenvalue weighted by Crippen LogP contribution is -1.94. The van der Waals surface area contributed by atoms with Crippen molar-refractivity contribution in [2.45, 2.75) is 13.8 Å². The molecule has 0 unspecified atom stereocenters. The highest BCUT2D eigenvalue weighted by atomic mass is 127. The summed E-state index contributed by atoms with van der Waals surface area (Å²) < 4.78 is 5.98. The van der Waals surface area contributed by atoms with Gasteiger partial charge in [-0.05, 0) is 42.5 Å². The Morgan fingerprint density at radius 2 is 2.07 bits per heavy atom. The van der Waals surface area contributed by atoms with Crippen LogP contribution >= 0.6 is 22.6 Å². The normalized spacial score (nSPS) is 10.6. The molecule has 0 amide bonds. The minimum absolute atomic E-state index is 0.402. The van der Waals surface area contributed by atoms with Gasteiger partial charge in [-0.3, -0.25) is 0 Å². The molecule has 0 aliphatic rings. The Kier molecular flexibility index (Phi) is 2.59. The van der Waals surface area contributed by atoms with E-state index in [2.05, 4.69) is 37.9 Å². The summed E-state index contributed by atoms with van der Waals surface area (Å²) in [4.78, 5) is 0. The molecule has 0 bridgehead atoms. The van der Waals surface area contributed by atoms with E-state index >= 15 is 0 Å². The van der Waals surface area contributed by atoms with E-state index in [4.69, 9.17) is 10.3 Å². The van der Waals surface area contributed by atoms with Gasteiger partial charge >= 0.3 is 0 Å². The lowest BCUT2D eigenvalue weighted by atomic mass is 10.1. The number of aromatic nitrogens is 3. The van der Waals surface area contributed by atoms with Crippen LogP contribution in [0.1, 0.15) is 11.4 Å². The molecule has 5 nitrogen and oxygen atoms in total. The Hall–Kier alpha value is -1.18. The third-order valence-electron chi connectivity index (χ3n) is 2.00. The van der Waals surface area contributed by atoms with Gasteiger partial charge in [0.2, 0.25) is 0 Å². The highest BCUT2D eigenvalue weighted by Gasteiger charge is 2.16. The maximum Gasteiger partial charge on any atom is 0.184 e. The highest BCUT2D eigenvalue weighted by Crippen LogP contribution is 2.30. The second-order valence-electron chi connectivity index (χ2n) is 3.20. The van der Waals surface area contributed by atoms with E-state index in [1.807, 2.05) is 19.9 Å². The third kappa shape index (κ3) is 1.81. The molecule has 0 saturated carbocycles. The van der Waals surface area contributed by atoms with Crippen molar-refractivity contribution in [3.63, 3.8) is 0 Å². The van der Waals surface area contributed by atoms with Crippen LogP contribution in [0.4, 0.5) is 5.82 Å². The summed E-state index contributed by atoms with van der Waals surface area (Å²) in [6.07, 6.45) is 0. The average Bonchev–Trinajstić information content (AvgIpc) is 2.52. The van der Waals surface area contributed by atoms with Gasteiger partial charge in [0.25, 0.3) is 0 Å². The summed E-state index contributed by atoms with van der Waals surface area (Å²) in [7, 11) is 0. The van der Waals surface area contributed by atoms with Crippen LogP contribution in [0.25, 0.3) is 11.3 Å². The van der Waals surface area contributed by atoms with Crippen molar-refractivity contribution in [2.24, 2.45) is 0 Å². The van der Waals surface area contributed by atoms with Crippen molar-refractivity contribution in [3.8, 4) is 11.3 Å². The fourth-order valence-corrected chi connectivity index (χ4v) is 1.73. The second kappa shape index (κ2) is 3.76. The van der Waals surface area contributed by atoms with Crippen molar-refractivity contribution in [1.29, 1.82) is 0 Å². The van der Waals surface area contributed by atoms with E-state index in [0.29, 0.717) is 11.6 Å². The zero-order valence-electron chi connectivity index (χ0n) is 8.28. The minimum Gasteiger partial charge on any atom is -0.380 e. The summed E-state index contributed by atoms with van der Waals surface area (Å²) in [6.45, 7) is 3.75. The lowest BCUT2D eigenvalue weighted by molar-refractivity contribution is 0.435. The van der Waals surface area contributed by atoms with Crippen LogP contribution in [0.3, 0.4) is 0 Å². The van der Waals surface area contributed by atoms with Gasteiger partial charge in [-0.25, -0.2) is 0 Å². The van der Waals surface area contributed by atoms with Crippen LogP contribution in [0, 0.1) is 17.4 Å². The van der Waals surface area contributed by atoms with Crippen LogP contribution in [0.5, 0.6) is 0 Å². The fourth-order valence-electron chi connectivity index (χ4n) is 1.24. The maximum absolute atomic E-state index is 5.62. The summed E-state index contributed by atoms with van der Waals surface area (Å²) in [6, 6.07) is 1.91. The van der Waals surface area contributed by atoms with Gasteiger partial charge in [-0.1, -0.05) is 5.16 Å². The summed E-state index contributed by atoms with van der Waals surface area (Å²) in [5.74, 6) is 1.06. The molecule has 0 aliphatic heterocycles. The molecule has 2 aromatic heterocycles. The monoisotopic (exact) mass is 316 g/mol. The van der Waals surface area contributed by atoms with Crippen molar-refractivity contribution in [1.82, 2.24) is 15.4 Å². The molecular weight excluding hydrogens is 307 g/mol. The molecule has 0 atom stereocenters. The molecular formula is C9H9IN4O. The van der Waals surface area contributed by atoms with Gasteiger partial charge in [0.05, 0.1) is 11.4 Å². The van der Waals surface area contributed by atoms with Gasteiger partial charge in [-0.15, -0.1) is 0 Å². The summed E-state index contributed by atoms with van der Waals surface area (Å²) >= 11 is 2.10. The molecule has 0 radical (unpaired) electrons. The van der Waals surface area contributed by atoms with Gasteiger partial charge in [0.1, 0.15) is 3.57 Å². The van der Waals surface area contributed by atoms with Crippen molar-refractivity contribution < 1.29 is 4.52 Å². The standard InChI is InChI=1S/C9H9IN4O/c1-4-3-6(5(2)13-12-4)8-7(10)9(11)14-15-8/h3H,1-2H3,(H2,11,14). The molecule has 78 valence electrons. The fraction of sp³-hybridized carbons (Fsp3) is 0.222. The first-order valence-electron chi connectivity index (χ1n) is 4.31. The molecule has 0 aliphatic carbocycles. The molecule has 2 heterocycles. The van der Waals surface area contributed by atoms with E-state index in [9.17, 15) is 0 Å².